The van der Waals surface area contributed by atoms with Gasteiger partial charge in [0.2, 0.25) is 5.91 Å². The number of amides is 2. The maximum absolute atomic E-state index is 12.1. The van der Waals surface area contributed by atoms with Gasteiger partial charge in [0.25, 0.3) is 5.91 Å². The fourth-order valence-corrected chi connectivity index (χ4v) is 1.80. The normalized spacial score (nSPS) is 16.2. The minimum atomic E-state index is -0.224. The van der Waals surface area contributed by atoms with Crippen LogP contribution in [0.5, 0.6) is 5.75 Å². The number of rotatable bonds is 1. The lowest BCUT2D eigenvalue weighted by molar-refractivity contribution is -0.121. The third-order valence-corrected chi connectivity index (χ3v) is 2.64. The molecule has 0 saturated carbocycles. The van der Waals surface area contributed by atoms with Crippen LogP contribution in [0.1, 0.15) is 16.8 Å². The molecule has 2 rings (SSSR count). The maximum Gasteiger partial charge on any atom is 0.254 e. The number of phenols is 1. The predicted molar refractivity (Wildman–Crippen MR) is 61.6 cm³/mol. The van der Waals surface area contributed by atoms with Crippen molar-refractivity contribution in [1.82, 2.24) is 10.2 Å². The molecule has 1 aliphatic heterocycles. The van der Waals surface area contributed by atoms with Crippen LogP contribution in [0.3, 0.4) is 0 Å². The highest BCUT2D eigenvalue weighted by Gasteiger charge is 2.20. The lowest BCUT2D eigenvalue weighted by Gasteiger charge is -2.18. The number of nitrogens with one attached hydrogen (secondary N) is 1. The average Bonchev–Trinajstić information content (AvgIpc) is 2.53. The molecule has 1 aromatic rings. The first-order valence-corrected chi connectivity index (χ1v) is 5.52. The molecule has 1 aromatic carbocycles. The van der Waals surface area contributed by atoms with Gasteiger partial charge < -0.3 is 15.3 Å². The first-order chi connectivity index (χ1) is 8.16. The molecule has 2 amide bonds. The molecular formula is C12H14N2O3. The summed E-state index contributed by atoms with van der Waals surface area (Å²) in [7, 11) is 0. The molecule has 17 heavy (non-hydrogen) atoms. The van der Waals surface area contributed by atoms with Crippen molar-refractivity contribution in [1.29, 1.82) is 0 Å². The summed E-state index contributed by atoms with van der Waals surface area (Å²) >= 11 is 0. The first-order valence-electron chi connectivity index (χ1n) is 5.52. The minimum absolute atomic E-state index is 0.0510. The number of hydrogen-bond donors (Lipinski definition) is 2. The fourth-order valence-electron chi connectivity index (χ4n) is 1.80. The van der Waals surface area contributed by atoms with Crippen LogP contribution in [-0.2, 0) is 4.79 Å². The average molecular weight is 234 g/mol. The standard InChI is InChI=1S/C12H14N2O3/c15-10-4-1-3-9(7-10)12(17)14-6-2-5-13-11(16)8-14/h1,3-4,7,15H,2,5-6,8H2,(H,13,16). The van der Waals surface area contributed by atoms with Crippen molar-refractivity contribution >= 4 is 11.8 Å². The van der Waals surface area contributed by atoms with Crippen molar-refractivity contribution in [3.05, 3.63) is 29.8 Å². The fraction of sp³-hybridized carbons (Fsp3) is 0.333. The summed E-state index contributed by atoms with van der Waals surface area (Å²) < 4.78 is 0. The number of phenolic OH excluding ortho intramolecular Hbond substituents is 1. The van der Waals surface area contributed by atoms with E-state index in [1.807, 2.05) is 0 Å². The van der Waals surface area contributed by atoms with Crippen LogP contribution in [-0.4, -0.2) is 41.5 Å². The van der Waals surface area contributed by atoms with Gasteiger partial charge in [0, 0.05) is 18.7 Å². The highest BCUT2D eigenvalue weighted by molar-refractivity contribution is 5.97. The van der Waals surface area contributed by atoms with Crippen LogP contribution in [0.4, 0.5) is 0 Å². The van der Waals surface area contributed by atoms with Crippen LogP contribution in [0.15, 0.2) is 24.3 Å². The Balaban J connectivity index is 2.16. The second kappa shape index (κ2) is 4.86. The summed E-state index contributed by atoms with van der Waals surface area (Å²) in [5.41, 5.74) is 0.403. The van der Waals surface area contributed by atoms with Gasteiger partial charge in [0.1, 0.15) is 5.75 Å². The predicted octanol–water partition coefficient (Wildman–Crippen LogP) is 0.354. The van der Waals surface area contributed by atoms with Crippen molar-refractivity contribution in [2.24, 2.45) is 0 Å². The van der Waals surface area contributed by atoms with Crippen molar-refractivity contribution in [3.8, 4) is 5.75 Å². The number of aromatic hydroxyl groups is 1. The van der Waals surface area contributed by atoms with Crippen LogP contribution in [0.25, 0.3) is 0 Å². The SMILES string of the molecule is O=C1CN(C(=O)c2cccc(O)c2)CCCN1. The van der Waals surface area contributed by atoms with Crippen LogP contribution < -0.4 is 5.32 Å². The Morgan fingerprint density at radius 3 is 3.00 bits per heavy atom. The second-order valence-electron chi connectivity index (χ2n) is 3.98. The van der Waals surface area contributed by atoms with Gasteiger partial charge in [-0.15, -0.1) is 0 Å². The number of carbonyl (C=O) groups is 2. The summed E-state index contributed by atoms with van der Waals surface area (Å²) in [4.78, 5) is 24.9. The minimum Gasteiger partial charge on any atom is -0.508 e. The highest BCUT2D eigenvalue weighted by Crippen LogP contribution is 2.13. The molecule has 0 spiro atoms. The zero-order valence-corrected chi connectivity index (χ0v) is 9.35. The van der Waals surface area contributed by atoms with Crippen molar-refractivity contribution < 1.29 is 14.7 Å². The summed E-state index contributed by atoms with van der Waals surface area (Å²) in [5.74, 6) is -0.316. The van der Waals surface area contributed by atoms with Crippen LogP contribution in [0.2, 0.25) is 0 Å². The molecule has 2 N–H and O–H groups in total. The van der Waals surface area contributed by atoms with Crippen molar-refractivity contribution in [2.75, 3.05) is 19.6 Å². The van der Waals surface area contributed by atoms with E-state index >= 15 is 0 Å². The molecule has 0 aliphatic carbocycles. The summed E-state index contributed by atoms with van der Waals surface area (Å²) in [6, 6.07) is 6.16. The topological polar surface area (TPSA) is 69.6 Å². The molecule has 0 aromatic heterocycles. The molecular weight excluding hydrogens is 220 g/mol. The van der Waals surface area contributed by atoms with E-state index in [0.717, 1.165) is 6.42 Å². The Kier molecular flexibility index (Phi) is 3.27. The molecule has 90 valence electrons. The number of nitrogens with zero attached hydrogens (tertiary/aromatic N) is 1. The van der Waals surface area contributed by atoms with E-state index in [2.05, 4.69) is 5.32 Å². The monoisotopic (exact) mass is 234 g/mol. The van der Waals surface area contributed by atoms with Gasteiger partial charge in [-0.3, -0.25) is 9.59 Å². The van der Waals surface area contributed by atoms with E-state index in [9.17, 15) is 14.7 Å². The van der Waals surface area contributed by atoms with Gasteiger partial charge in [-0.05, 0) is 24.6 Å². The zero-order chi connectivity index (χ0) is 12.3. The summed E-state index contributed by atoms with van der Waals surface area (Å²) in [6.45, 7) is 1.23. The molecule has 0 unspecified atom stereocenters. The van der Waals surface area contributed by atoms with Gasteiger partial charge in [0.05, 0.1) is 6.54 Å². The van der Waals surface area contributed by atoms with Gasteiger partial charge in [-0.25, -0.2) is 0 Å². The molecule has 1 saturated heterocycles. The molecule has 1 fully saturated rings. The summed E-state index contributed by atoms with van der Waals surface area (Å²) in [5, 5.41) is 12.0. The smallest absolute Gasteiger partial charge is 0.254 e. The van der Waals surface area contributed by atoms with E-state index < -0.39 is 0 Å². The molecule has 1 heterocycles. The van der Waals surface area contributed by atoms with Crippen molar-refractivity contribution in [3.63, 3.8) is 0 Å². The highest BCUT2D eigenvalue weighted by atomic mass is 16.3. The number of hydrogen-bond acceptors (Lipinski definition) is 3. The van der Waals surface area contributed by atoms with Gasteiger partial charge in [-0.2, -0.15) is 0 Å². The van der Waals surface area contributed by atoms with E-state index in [0.29, 0.717) is 18.7 Å². The maximum atomic E-state index is 12.1. The zero-order valence-electron chi connectivity index (χ0n) is 9.35. The molecule has 0 bridgehead atoms. The molecule has 5 nitrogen and oxygen atoms in total. The lowest BCUT2D eigenvalue weighted by Crippen LogP contribution is -2.37. The Morgan fingerprint density at radius 2 is 2.24 bits per heavy atom. The molecule has 0 atom stereocenters. The largest absolute Gasteiger partial charge is 0.508 e. The molecule has 0 radical (unpaired) electrons. The number of benzene rings is 1. The van der Waals surface area contributed by atoms with Crippen LogP contribution >= 0.6 is 0 Å². The van der Waals surface area contributed by atoms with Crippen LogP contribution in [0, 0.1) is 0 Å². The quantitative estimate of drug-likeness (QED) is 0.737. The van der Waals surface area contributed by atoms with E-state index in [1.165, 1.54) is 17.0 Å². The third kappa shape index (κ3) is 2.75. The lowest BCUT2D eigenvalue weighted by atomic mass is 10.2. The van der Waals surface area contributed by atoms with Crippen molar-refractivity contribution in [2.45, 2.75) is 6.42 Å². The van der Waals surface area contributed by atoms with E-state index in [1.54, 1.807) is 12.1 Å². The van der Waals surface area contributed by atoms with Gasteiger partial charge in [0.15, 0.2) is 0 Å². The first kappa shape index (κ1) is 11.4. The molecule has 1 aliphatic rings. The summed E-state index contributed by atoms with van der Waals surface area (Å²) in [6.07, 6.45) is 0.746. The Morgan fingerprint density at radius 1 is 1.41 bits per heavy atom. The second-order valence-corrected chi connectivity index (χ2v) is 3.98. The molecule has 5 heteroatoms. The third-order valence-electron chi connectivity index (χ3n) is 2.64. The number of carbonyl (C=O) groups excluding carboxylic acids is 2. The van der Waals surface area contributed by atoms with E-state index in [-0.39, 0.29) is 24.1 Å². The Hall–Kier alpha value is -2.04. The van der Waals surface area contributed by atoms with Gasteiger partial charge in [-0.1, -0.05) is 6.07 Å². The Labute approximate surface area is 99.0 Å². The van der Waals surface area contributed by atoms with Gasteiger partial charge >= 0.3 is 0 Å². The Bertz CT molecular complexity index is 445. The van der Waals surface area contributed by atoms with E-state index in [4.69, 9.17) is 0 Å².